The van der Waals surface area contributed by atoms with Crippen LogP contribution in [0.4, 0.5) is 0 Å². The first kappa shape index (κ1) is 30.9. The molecular formula is C32H47ClN2O2. The van der Waals surface area contributed by atoms with E-state index < -0.39 is 0 Å². The molecule has 0 bridgehead atoms. The van der Waals surface area contributed by atoms with Gasteiger partial charge in [-0.2, -0.15) is 5.10 Å². The van der Waals surface area contributed by atoms with E-state index in [1.165, 1.54) is 83.5 Å². The molecule has 0 aliphatic carbocycles. The van der Waals surface area contributed by atoms with E-state index in [4.69, 9.17) is 16.3 Å². The van der Waals surface area contributed by atoms with E-state index >= 15 is 0 Å². The highest BCUT2D eigenvalue weighted by Gasteiger charge is 2.01. The molecule has 5 heteroatoms. The van der Waals surface area contributed by atoms with Crippen LogP contribution < -0.4 is 10.2 Å². The Morgan fingerprint density at radius 1 is 0.757 bits per heavy atom. The molecule has 0 atom stereocenters. The second-order valence-corrected chi connectivity index (χ2v) is 10.4. The van der Waals surface area contributed by atoms with Crippen molar-refractivity contribution >= 4 is 23.7 Å². The highest BCUT2D eigenvalue weighted by Crippen LogP contribution is 2.16. The molecule has 1 N–H and O–H groups in total. The van der Waals surface area contributed by atoms with Gasteiger partial charge < -0.3 is 4.74 Å². The van der Waals surface area contributed by atoms with E-state index in [-0.39, 0.29) is 5.91 Å². The van der Waals surface area contributed by atoms with Crippen LogP contribution in [-0.2, 0) is 11.4 Å². The van der Waals surface area contributed by atoms with Gasteiger partial charge in [0.2, 0.25) is 5.91 Å². The smallest absolute Gasteiger partial charge is 0.240 e. The maximum absolute atomic E-state index is 12.0. The van der Waals surface area contributed by atoms with Crippen molar-refractivity contribution in [3.8, 4) is 5.75 Å². The van der Waals surface area contributed by atoms with Crippen LogP contribution in [-0.4, -0.2) is 12.1 Å². The van der Waals surface area contributed by atoms with Gasteiger partial charge in [-0.3, -0.25) is 4.79 Å². The van der Waals surface area contributed by atoms with E-state index in [2.05, 4.69) is 17.5 Å². The molecule has 0 unspecified atom stereocenters. The van der Waals surface area contributed by atoms with E-state index in [0.29, 0.717) is 18.1 Å². The Morgan fingerprint density at radius 2 is 1.27 bits per heavy atom. The van der Waals surface area contributed by atoms with Crippen molar-refractivity contribution in [1.82, 2.24) is 5.43 Å². The van der Waals surface area contributed by atoms with E-state index in [1.807, 2.05) is 48.5 Å². The maximum Gasteiger partial charge on any atom is 0.240 e. The van der Waals surface area contributed by atoms with Crippen LogP contribution in [0.1, 0.15) is 121 Å². The number of ether oxygens (including phenoxy) is 1. The molecule has 2 aromatic rings. The summed E-state index contributed by atoms with van der Waals surface area (Å²) in [5.74, 6) is 0.762. The average Bonchev–Trinajstić information content (AvgIpc) is 2.91. The molecule has 4 nitrogen and oxygen atoms in total. The topological polar surface area (TPSA) is 50.7 Å². The fourth-order valence-electron chi connectivity index (χ4n) is 4.29. The summed E-state index contributed by atoms with van der Waals surface area (Å²) in [6.07, 6.45) is 22.1. The predicted octanol–water partition coefficient (Wildman–Crippen LogP) is 9.63. The molecule has 0 fully saturated rings. The number of hydrogen-bond acceptors (Lipinski definition) is 3. The molecule has 2 rings (SSSR count). The summed E-state index contributed by atoms with van der Waals surface area (Å²) >= 11 is 5.91. The van der Waals surface area contributed by atoms with Gasteiger partial charge in [-0.05, 0) is 53.9 Å². The number of halogens is 1. The number of unbranched alkanes of at least 4 members (excludes halogenated alkanes) is 14. The molecule has 0 saturated carbocycles. The largest absolute Gasteiger partial charge is 0.489 e. The summed E-state index contributed by atoms with van der Waals surface area (Å²) in [4.78, 5) is 12.0. The zero-order valence-corrected chi connectivity index (χ0v) is 23.6. The predicted molar refractivity (Wildman–Crippen MR) is 158 cm³/mol. The number of nitrogens with one attached hydrogen (secondary N) is 1. The molecule has 0 heterocycles. The summed E-state index contributed by atoms with van der Waals surface area (Å²) in [7, 11) is 0. The van der Waals surface area contributed by atoms with Gasteiger partial charge in [0, 0.05) is 11.4 Å². The molecule has 204 valence electrons. The van der Waals surface area contributed by atoms with Crippen LogP contribution in [0.15, 0.2) is 53.6 Å². The third-order valence-corrected chi connectivity index (χ3v) is 6.86. The van der Waals surface area contributed by atoms with Crippen LogP contribution in [0.25, 0.3) is 0 Å². The second kappa shape index (κ2) is 20.7. The zero-order valence-electron chi connectivity index (χ0n) is 22.9. The number of rotatable bonds is 21. The third kappa shape index (κ3) is 16.2. The lowest BCUT2D eigenvalue weighted by atomic mass is 10.0. The van der Waals surface area contributed by atoms with Crippen molar-refractivity contribution in [1.29, 1.82) is 0 Å². The van der Waals surface area contributed by atoms with Gasteiger partial charge in [0.15, 0.2) is 0 Å². The highest BCUT2D eigenvalue weighted by molar-refractivity contribution is 6.30. The van der Waals surface area contributed by atoms with Crippen LogP contribution in [0.5, 0.6) is 5.75 Å². The van der Waals surface area contributed by atoms with Crippen LogP contribution in [0, 0.1) is 0 Å². The molecule has 0 aromatic heterocycles. The van der Waals surface area contributed by atoms with Crippen LogP contribution in [0.2, 0.25) is 5.02 Å². The monoisotopic (exact) mass is 526 g/mol. The summed E-state index contributed by atoms with van der Waals surface area (Å²) < 4.78 is 5.79. The third-order valence-electron chi connectivity index (χ3n) is 6.61. The minimum Gasteiger partial charge on any atom is -0.489 e. The molecular weight excluding hydrogens is 480 g/mol. The summed E-state index contributed by atoms with van der Waals surface area (Å²) in [5.41, 5.74) is 4.61. The molecule has 1 amide bonds. The first-order valence-corrected chi connectivity index (χ1v) is 14.8. The number of carbonyl (C=O) groups is 1. The Morgan fingerprint density at radius 3 is 1.81 bits per heavy atom. The number of amides is 1. The van der Waals surface area contributed by atoms with Gasteiger partial charge in [-0.1, -0.05) is 121 Å². The Kier molecular flexibility index (Phi) is 17.3. The van der Waals surface area contributed by atoms with Crippen molar-refractivity contribution in [2.24, 2.45) is 5.10 Å². The van der Waals surface area contributed by atoms with Gasteiger partial charge in [-0.15, -0.1) is 0 Å². The molecule has 0 aliphatic rings. The van der Waals surface area contributed by atoms with E-state index in [9.17, 15) is 4.79 Å². The number of benzene rings is 2. The van der Waals surface area contributed by atoms with Crippen molar-refractivity contribution < 1.29 is 9.53 Å². The Bertz CT molecular complexity index is 865. The van der Waals surface area contributed by atoms with Crippen molar-refractivity contribution in [2.75, 3.05) is 0 Å². The SMILES string of the molecule is CCCCCCCCCCCCCCCCCC(=O)N/N=C/c1ccc(OCc2ccc(Cl)cc2)cc1. The fourth-order valence-corrected chi connectivity index (χ4v) is 4.41. The van der Waals surface area contributed by atoms with Gasteiger partial charge in [0.25, 0.3) is 0 Å². The Balaban J connectivity index is 1.42. The van der Waals surface area contributed by atoms with Gasteiger partial charge >= 0.3 is 0 Å². The summed E-state index contributed by atoms with van der Waals surface area (Å²) in [6.45, 7) is 2.76. The standard InChI is InChI=1S/C32H47ClN2O2/c1-2-3-4-5-6-7-8-9-10-11-12-13-14-15-16-17-32(36)35-34-26-28-20-24-31(25-21-28)37-27-29-18-22-30(33)23-19-29/h18-26H,2-17,27H2,1H3,(H,35,36)/b34-26+. The lowest BCUT2D eigenvalue weighted by Crippen LogP contribution is -2.16. The van der Waals surface area contributed by atoms with Gasteiger partial charge in [0.05, 0.1) is 6.21 Å². The number of hydrazone groups is 1. The zero-order chi connectivity index (χ0) is 26.4. The van der Waals surface area contributed by atoms with E-state index in [1.54, 1.807) is 6.21 Å². The lowest BCUT2D eigenvalue weighted by Gasteiger charge is -2.06. The van der Waals surface area contributed by atoms with Crippen LogP contribution in [0.3, 0.4) is 0 Å². The van der Waals surface area contributed by atoms with Crippen molar-refractivity contribution in [2.45, 2.75) is 116 Å². The minimum absolute atomic E-state index is 0.0196. The molecule has 0 spiro atoms. The quantitative estimate of drug-likeness (QED) is 0.0999. The fraction of sp³-hybridized carbons (Fsp3) is 0.562. The maximum atomic E-state index is 12.0. The molecule has 37 heavy (non-hydrogen) atoms. The lowest BCUT2D eigenvalue weighted by molar-refractivity contribution is -0.121. The average molecular weight is 527 g/mol. The normalized spacial score (nSPS) is 11.2. The Labute approximate surface area is 230 Å². The Hall–Kier alpha value is -2.33. The van der Waals surface area contributed by atoms with Crippen molar-refractivity contribution in [3.63, 3.8) is 0 Å². The number of nitrogens with zero attached hydrogens (tertiary/aromatic N) is 1. The highest BCUT2D eigenvalue weighted by atomic mass is 35.5. The first-order valence-electron chi connectivity index (χ1n) is 14.5. The molecule has 2 aromatic carbocycles. The summed E-state index contributed by atoms with van der Waals surface area (Å²) in [5, 5.41) is 4.80. The van der Waals surface area contributed by atoms with E-state index in [0.717, 1.165) is 29.7 Å². The number of hydrogen-bond donors (Lipinski definition) is 1. The van der Waals surface area contributed by atoms with Crippen molar-refractivity contribution in [3.05, 3.63) is 64.7 Å². The van der Waals surface area contributed by atoms with Crippen LogP contribution >= 0.6 is 11.6 Å². The molecule has 0 saturated heterocycles. The summed E-state index contributed by atoms with van der Waals surface area (Å²) in [6, 6.07) is 15.2. The molecule has 0 radical (unpaired) electrons. The molecule has 0 aliphatic heterocycles. The second-order valence-electron chi connectivity index (χ2n) is 9.98. The number of carbonyl (C=O) groups excluding carboxylic acids is 1. The van der Waals surface area contributed by atoms with Gasteiger partial charge in [-0.25, -0.2) is 5.43 Å². The first-order chi connectivity index (χ1) is 18.2. The minimum atomic E-state index is -0.0196. The van der Waals surface area contributed by atoms with Gasteiger partial charge in [0.1, 0.15) is 12.4 Å².